The fraction of sp³-hybridized carbons (Fsp3) is 0.500. The van der Waals surface area contributed by atoms with Gasteiger partial charge in [-0.25, -0.2) is 0 Å². The number of nitrogens with two attached hydrogens (primary N) is 1. The molecule has 2 atom stereocenters. The molecule has 136 valence electrons. The second-order valence-electron chi connectivity index (χ2n) is 6.06. The molecule has 3 rings (SSSR count). The van der Waals surface area contributed by atoms with E-state index in [-0.39, 0.29) is 11.7 Å². The maximum Gasteiger partial charge on any atom is 0.573 e. The van der Waals surface area contributed by atoms with Crippen molar-refractivity contribution < 1.29 is 32.2 Å². The molecule has 2 unspecified atom stereocenters. The molecule has 0 radical (unpaired) electrons. The van der Waals surface area contributed by atoms with Gasteiger partial charge in [0, 0.05) is 13.0 Å². The largest absolute Gasteiger partial charge is 0.573 e. The van der Waals surface area contributed by atoms with Gasteiger partial charge in [-0.3, -0.25) is 9.59 Å². The molecule has 25 heavy (non-hydrogen) atoms. The van der Waals surface area contributed by atoms with E-state index in [0.717, 1.165) is 12.1 Å². The van der Waals surface area contributed by atoms with Crippen LogP contribution in [-0.4, -0.2) is 42.3 Å². The average Bonchev–Trinajstić information content (AvgIpc) is 2.95. The summed E-state index contributed by atoms with van der Waals surface area (Å²) in [6, 6.07) is 4.33. The number of carbonyl (C=O) groups is 2. The van der Waals surface area contributed by atoms with Crippen LogP contribution < -0.4 is 10.5 Å². The summed E-state index contributed by atoms with van der Waals surface area (Å²) < 4.78 is 46.1. The van der Waals surface area contributed by atoms with E-state index >= 15 is 0 Å². The van der Waals surface area contributed by atoms with Gasteiger partial charge in [0.05, 0.1) is 6.61 Å². The van der Waals surface area contributed by atoms with Gasteiger partial charge in [-0.2, -0.15) is 0 Å². The Morgan fingerprint density at radius 3 is 2.40 bits per heavy atom. The van der Waals surface area contributed by atoms with Crippen molar-refractivity contribution in [2.75, 3.05) is 13.2 Å². The number of amides is 2. The first-order chi connectivity index (χ1) is 11.7. The Hall–Kier alpha value is -2.29. The molecule has 1 aromatic carbocycles. The normalized spacial score (nSPS) is 26.2. The lowest BCUT2D eigenvalue weighted by molar-refractivity contribution is -0.274. The highest BCUT2D eigenvalue weighted by molar-refractivity contribution is 5.92. The maximum absolute atomic E-state index is 13.0. The van der Waals surface area contributed by atoms with E-state index in [4.69, 9.17) is 10.5 Å². The lowest BCUT2D eigenvalue weighted by Gasteiger charge is -2.43. The molecular weight excluding hydrogens is 341 g/mol. The molecule has 9 heteroatoms. The van der Waals surface area contributed by atoms with Gasteiger partial charge in [0.15, 0.2) is 5.60 Å². The van der Waals surface area contributed by atoms with E-state index in [1.165, 1.54) is 17.0 Å². The van der Waals surface area contributed by atoms with Crippen LogP contribution in [0, 0.1) is 0 Å². The minimum Gasteiger partial charge on any atom is -0.406 e. The Bertz CT molecular complexity index is 671. The number of carbonyl (C=O) groups excluding carboxylic acids is 2. The number of rotatable bonds is 4. The molecule has 2 amide bonds. The number of primary amides is 1. The quantitative estimate of drug-likeness (QED) is 0.888. The molecule has 2 saturated heterocycles. The molecule has 2 aliphatic rings. The van der Waals surface area contributed by atoms with Crippen molar-refractivity contribution in [2.24, 2.45) is 5.73 Å². The van der Waals surface area contributed by atoms with Crippen LogP contribution in [0.5, 0.6) is 5.75 Å². The number of halogens is 3. The van der Waals surface area contributed by atoms with Crippen LogP contribution in [0.15, 0.2) is 24.3 Å². The van der Waals surface area contributed by atoms with E-state index in [1.807, 2.05) is 0 Å². The van der Waals surface area contributed by atoms with Crippen molar-refractivity contribution in [1.82, 2.24) is 4.90 Å². The summed E-state index contributed by atoms with van der Waals surface area (Å²) in [5, 5.41) is 0. The maximum atomic E-state index is 13.0. The van der Waals surface area contributed by atoms with Crippen LogP contribution >= 0.6 is 0 Å². The third-order valence-electron chi connectivity index (χ3n) is 4.54. The van der Waals surface area contributed by atoms with Gasteiger partial charge in [0.2, 0.25) is 5.91 Å². The van der Waals surface area contributed by atoms with Crippen molar-refractivity contribution >= 4 is 11.8 Å². The van der Waals surface area contributed by atoms with Crippen molar-refractivity contribution in [1.29, 1.82) is 0 Å². The first-order valence-electron chi connectivity index (χ1n) is 7.83. The minimum atomic E-state index is -4.79. The number of hydrogen-bond acceptors (Lipinski definition) is 4. The molecule has 6 nitrogen and oxygen atoms in total. The Morgan fingerprint density at radius 1 is 1.28 bits per heavy atom. The molecular formula is C16H17F3N2O4. The summed E-state index contributed by atoms with van der Waals surface area (Å²) in [4.78, 5) is 25.9. The average molecular weight is 358 g/mol. The van der Waals surface area contributed by atoms with Gasteiger partial charge in [-0.15, -0.1) is 13.2 Å². The van der Waals surface area contributed by atoms with Crippen LogP contribution in [0.25, 0.3) is 0 Å². The summed E-state index contributed by atoms with van der Waals surface area (Å²) in [5.74, 6) is -1.34. The van der Waals surface area contributed by atoms with Crippen molar-refractivity contribution in [3.63, 3.8) is 0 Å². The van der Waals surface area contributed by atoms with Crippen LogP contribution in [-0.2, 0) is 19.9 Å². The molecule has 2 heterocycles. The second kappa shape index (κ2) is 6.21. The Balaban J connectivity index is 1.83. The van der Waals surface area contributed by atoms with E-state index in [9.17, 15) is 22.8 Å². The fourth-order valence-electron chi connectivity index (χ4n) is 3.29. The van der Waals surface area contributed by atoms with Crippen LogP contribution in [0.3, 0.4) is 0 Å². The Morgan fingerprint density at radius 2 is 1.92 bits per heavy atom. The zero-order valence-electron chi connectivity index (χ0n) is 13.2. The van der Waals surface area contributed by atoms with E-state index in [1.54, 1.807) is 0 Å². The number of benzene rings is 1. The number of hydrogen-bond donors (Lipinski definition) is 1. The summed E-state index contributed by atoms with van der Waals surface area (Å²) in [5.41, 5.74) is 4.49. The molecule has 2 N–H and O–H groups in total. The molecule has 0 saturated carbocycles. The fourth-order valence-corrected chi connectivity index (χ4v) is 3.29. The second-order valence-corrected chi connectivity index (χ2v) is 6.06. The predicted octanol–water partition coefficient (Wildman–Crippen LogP) is 1.68. The Kier molecular flexibility index (Phi) is 4.36. The molecule has 2 fully saturated rings. The summed E-state index contributed by atoms with van der Waals surface area (Å²) in [6.07, 6.45) is -3.25. The lowest BCUT2D eigenvalue weighted by atomic mass is 9.84. The number of alkyl halides is 3. The highest BCUT2D eigenvalue weighted by atomic mass is 19.4. The van der Waals surface area contributed by atoms with Crippen LogP contribution in [0.2, 0.25) is 0 Å². The summed E-state index contributed by atoms with van der Waals surface area (Å²) in [6.45, 7) is 0.744. The summed E-state index contributed by atoms with van der Waals surface area (Å²) in [7, 11) is 0. The van der Waals surface area contributed by atoms with E-state index < -0.39 is 23.9 Å². The molecule has 2 aliphatic heterocycles. The monoisotopic (exact) mass is 358 g/mol. The molecule has 0 aromatic heterocycles. The predicted molar refractivity (Wildman–Crippen MR) is 79.3 cm³/mol. The van der Waals surface area contributed by atoms with Gasteiger partial charge < -0.3 is 20.1 Å². The van der Waals surface area contributed by atoms with Crippen LogP contribution in [0.4, 0.5) is 13.2 Å². The third kappa shape index (κ3) is 3.28. The highest BCUT2D eigenvalue weighted by Gasteiger charge is 2.52. The van der Waals surface area contributed by atoms with E-state index in [0.29, 0.717) is 38.0 Å². The number of ether oxygens (including phenoxy) is 2. The van der Waals surface area contributed by atoms with Gasteiger partial charge in [-0.1, -0.05) is 12.1 Å². The first kappa shape index (κ1) is 17.5. The first-order valence-corrected chi connectivity index (χ1v) is 7.83. The molecule has 1 aromatic rings. The topological polar surface area (TPSA) is 81.9 Å². The van der Waals surface area contributed by atoms with Gasteiger partial charge in [0.25, 0.3) is 5.91 Å². The molecule has 0 bridgehead atoms. The molecule has 0 aliphatic carbocycles. The van der Waals surface area contributed by atoms with Gasteiger partial charge in [0.1, 0.15) is 11.8 Å². The Labute approximate surface area is 141 Å². The highest BCUT2D eigenvalue weighted by Crippen LogP contribution is 2.41. The number of nitrogens with zero attached hydrogens (tertiary/aromatic N) is 1. The van der Waals surface area contributed by atoms with Crippen molar-refractivity contribution in [2.45, 2.75) is 37.3 Å². The third-order valence-corrected chi connectivity index (χ3v) is 4.54. The smallest absolute Gasteiger partial charge is 0.406 e. The zero-order valence-corrected chi connectivity index (χ0v) is 13.2. The van der Waals surface area contributed by atoms with Gasteiger partial charge >= 0.3 is 6.36 Å². The minimum absolute atomic E-state index is 0.349. The van der Waals surface area contributed by atoms with Gasteiger partial charge in [-0.05, 0) is 30.5 Å². The van der Waals surface area contributed by atoms with Crippen LogP contribution in [0.1, 0.15) is 24.8 Å². The number of likely N-dealkylation sites (tertiary alicyclic amines) is 1. The van der Waals surface area contributed by atoms with E-state index in [2.05, 4.69) is 4.74 Å². The molecule has 0 spiro atoms. The van der Waals surface area contributed by atoms with Crippen molar-refractivity contribution in [3.8, 4) is 5.75 Å². The zero-order chi connectivity index (χ0) is 18.2. The van der Waals surface area contributed by atoms with Crippen molar-refractivity contribution in [3.05, 3.63) is 29.8 Å². The standard InChI is InChI=1S/C16H17F3N2O4/c17-16(18,19)25-11-5-3-10(4-6-11)15(7-9-24-15)14(23)21-8-1-2-12(21)13(20)22/h3-6,12H,1-2,7-9H2,(H2,20,22). The lowest BCUT2D eigenvalue weighted by Crippen LogP contribution is -2.57. The SMILES string of the molecule is NC(=O)C1CCCN1C(=O)C1(c2ccc(OC(F)(F)F)cc2)CCO1. The summed E-state index contributed by atoms with van der Waals surface area (Å²) >= 11 is 0.